The van der Waals surface area contributed by atoms with Gasteiger partial charge in [0, 0.05) is 24.4 Å². The summed E-state index contributed by atoms with van der Waals surface area (Å²) < 4.78 is 0. The molecule has 0 saturated heterocycles. The molecule has 0 aliphatic rings. The Morgan fingerprint density at radius 3 is 2.39 bits per heavy atom. The van der Waals surface area contributed by atoms with E-state index in [2.05, 4.69) is 10.6 Å². The standard InChI is InChI=1S/C15H15N3O4S/c1-8-6-11(4-5-12(8)16-10(3)19)17-15(20)14-7-13(18(21)22)9(2)23-14/h4-7H,1-3H3,(H,16,19)(H,17,20). The van der Waals surface area contributed by atoms with Crippen molar-refractivity contribution in [2.45, 2.75) is 20.8 Å². The van der Waals surface area contributed by atoms with E-state index in [1.165, 1.54) is 13.0 Å². The molecule has 0 spiro atoms. The lowest BCUT2D eigenvalue weighted by molar-refractivity contribution is -0.385. The maximum atomic E-state index is 12.2. The van der Waals surface area contributed by atoms with Crippen molar-refractivity contribution in [3.05, 3.63) is 49.7 Å². The highest BCUT2D eigenvalue weighted by Crippen LogP contribution is 2.29. The summed E-state index contributed by atoms with van der Waals surface area (Å²) in [6.45, 7) is 4.83. The summed E-state index contributed by atoms with van der Waals surface area (Å²) in [5, 5.41) is 16.2. The monoisotopic (exact) mass is 333 g/mol. The third-order valence-corrected chi connectivity index (χ3v) is 4.15. The number of hydrogen-bond acceptors (Lipinski definition) is 5. The second-order valence-electron chi connectivity index (χ2n) is 4.97. The predicted molar refractivity (Wildman–Crippen MR) is 89.1 cm³/mol. The molecule has 2 aromatic rings. The van der Waals surface area contributed by atoms with Crippen LogP contribution >= 0.6 is 11.3 Å². The third kappa shape index (κ3) is 3.92. The Morgan fingerprint density at radius 2 is 1.87 bits per heavy atom. The van der Waals surface area contributed by atoms with Crippen LogP contribution in [0.15, 0.2) is 24.3 Å². The maximum absolute atomic E-state index is 12.2. The van der Waals surface area contributed by atoms with Crippen LogP contribution in [-0.2, 0) is 4.79 Å². The molecule has 0 aliphatic heterocycles. The van der Waals surface area contributed by atoms with Crippen molar-refractivity contribution in [2.24, 2.45) is 0 Å². The van der Waals surface area contributed by atoms with Crippen LogP contribution in [0.25, 0.3) is 0 Å². The second kappa shape index (κ2) is 6.57. The Balaban J connectivity index is 2.17. The van der Waals surface area contributed by atoms with Gasteiger partial charge in [0.25, 0.3) is 11.6 Å². The van der Waals surface area contributed by atoms with Gasteiger partial charge in [-0.2, -0.15) is 0 Å². The predicted octanol–water partition coefficient (Wildman–Crippen LogP) is 3.48. The first-order valence-electron chi connectivity index (χ1n) is 6.72. The quantitative estimate of drug-likeness (QED) is 0.660. The Kier molecular flexibility index (Phi) is 4.75. The van der Waals surface area contributed by atoms with Gasteiger partial charge in [-0.3, -0.25) is 19.7 Å². The molecule has 8 heteroatoms. The van der Waals surface area contributed by atoms with Crippen molar-refractivity contribution in [3.63, 3.8) is 0 Å². The number of thiophene rings is 1. The zero-order valence-electron chi connectivity index (χ0n) is 12.8. The van der Waals surface area contributed by atoms with Gasteiger partial charge >= 0.3 is 0 Å². The molecule has 0 radical (unpaired) electrons. The summed E-state index contributed by atoms with van der Waals surface area (Å²) >= 11 is 1.08. The summed E-state index contributed by atoms with van der Waals surface area (Å²) in [4.78, 5) is 34.3. The van der Waals surface area contributed by atoms with E-state index in [1.807, 2.05) is 0 Å². The largest absolute Gasteiger partial charge is 0.326 e. The molecule has 1 heterocycles. The van der Waals surface area contributed by atoms with E-state index in [0.717, 1.165) is 16.9 Å². The molecule has 2 amide bonds. The number of amides is 2. The third-order valence-electron chi connectivity index (χ3n) is 3.11. The van der Waals surface area contributed by atoms with Gasteiger partial charge < -0.3 is 10.6 Å². The lowest BCUT2D eigenvalue weighted by Gasteiger charge is -2.09. The molecule has 7 nitrogen and oxygen atoms in total. The fraction of sp³-hybridized carbons (Fsp3) is 0.200. The minimum Gasteiger partial charge on any atom is -0.326 e. The van der Waals surface area contributed by atoms with Crippen LogP contribution < -0.4 is 10.6 Å². The topological polar surface area (TPSA) is 101 Å². The molecule has 1 aromatic heterocycles. The molecule has 2 N–H and O–H groups in total. The molecule has 1 aromatic carbocycles. The Morgan fingerprint density at radius 1 is 1.17 bits per heavy atom. The molecule has 2 rings (SSSR count). The van der Waals surface area contributed by atoms with E-state index in [4.69, 9.17) is 0 Å². The first-order valence-corrected chi connectivity index (χ1v) is 7.54. The van der Waals surface area contributed by atoms with Crippen LogP contribution in [0.2, 0.25) is 0 Å². The zero-order chi connectivity index (χ0) is 17.1. The molecule has 0 saturated carbocycles. The van der Waals surface area contributed by atoms with Gasteiger partial charge in [-0.1, -0.05) is 0 Å². The van der Waals surface area contributed by atoms with Gasteiger partial charge in [0.1, 0.15) is 0 Å². The first-order chi connectivity index (χ1) is 10.8. The lowest BCUT2D eigenvalue weighted by Crippen LogP contribution is -2.11. The number of benzene rings is 1. The Bertz CT molecular complexity index is 798. The highest BCUT2D eigenvalue weighted by atomic mass is 32.1. The SMILES string of the molecule is CC(=O)Nc1ccc(NC(=O)c2cc([N+](=O)[O-])c(C)s2)cc1C. The van der Waals surface area contributed by atoms with Gasteiger partial charge in [0.15, 0.2) is 0 Å². The molecule has 0 unspecified atom stereocenters. The van der Waals surface area contributed by atoms with Crippen LogP contribution in [0.1, 0.15) is 27.0 Å². The molecular formula is C15H15N3O4S. The van der Waals surface area contributed by atoms with Crippen molar-refractivity contribution in [2.75, 3.05) is 10.6 Å². The zero-order valence-corrected chi connectivity index (χ0v) is 13.6. The number of nitrogens with one attached hydrogen (secondary N) is 2. The second-order valence-corrected chi connectivity index (χ2v) is 6.23. The van der Waals surface area contributed by atoms with E-state index in [9.17, 15) is 19.7 Å². The number of carbonyl (C=O) groups is 2. The van der Waals surface area contributed by atoms with Gasteiger partial charge in [0.05, 0.1) is 14.7 Å². The summed E-state index contributed by atoms with van der Waals surface area (Å²) in [6.07, 6.45) is 0. The highest BCUT2D eigenvalue weighted by Gasteiger charge is 2.19. The Labute approximate surface area is 136 Å². The number of aryl methyl sites for hydroxylation is 2. The fourth-order valence-electron chi connectivity index (χ4n) is 2.03. The van der Waals surface area contributed by atoms with E-state index < -0.39 is 10.8 Å². The van der Waals surface area contributed by atoms with Crippen molar-refractivity contribution in [3.8, 4) is 0 Å². The van der Waals surface area contributed by atoms with Crippen molar-refractivity contribution >= 4 is 40.2 Å². The van der Waals surface area contributed by atoms with Crippen LogP contribution in [0.3, 0.4) is 0 Å². The van der Waals surface area contributed by atoms with E-state index in [1.54, 1.807) is 32.0 Å². The van der Waals surface area contributed by atoms with Gasteiger partial charge in [-0.25, -0.2) is 0 Å². The minimum absolute atomic E-state index is 0.0580. The van der Waals surface area contributed by atoms with E-state index >= 15 is 0 Å². The number of rotatable bonds is 4. The minimum atomic E-state index is -0.505. The fourth-order valence-corrected chi connectivity index (χ4v) is 2.91. The Hall–Kier alpha value is -2.74. The van der Waals surface area contributed by atoms with Gasteiger partial charge in [-0.05, 0) is 37.6 Å². The highest BCUT2D eigenvalue weighted by molar-refractivity contribution is 7.14. The number of hydrogen-bond donors (Lipinski definition) is 2. The van der Waals surface area contributed by atoms with Crippen LogP contribution in [0.4, 0.5) is 17.1 Å². The number of anilines is 2. The molecule has 120 valence electrons. The average Bonchev–Trinajstić information content (AvgIpc) is 2.84. The molecule has 0 bridgehead atoms. The van der Waals surface area contributed by atoms with E-state index in [0.29, 0.717) is 16.3 Å². The van der Waals surface area contributed by atoms with Crippen LogP contribution in [-0.4, -0.2) is 16.7 Å². The molecule has 23 heavy (non-hydrogen) atoms. The summed E-state index contributed by atoms with van der Waals surface area (Å²) in [5.41, 5.74) is 1.96. The smallest absolute Gasteiger partial charge is 0.283 e. The summed E-state index contributed by atoms with van der Waals surface area (Å²) in [6, 6.07) is 6.34. The van der Waals surface area contributed by atoms with Crippen molar-refractivity contribution in [1.29, 1.82) is 0 Å². The molecule has 0 atom stereocenters. The van der Waals surface area contributed by atoms with Crippen LogP contribution in [0, 0.1) is 24.0 Å². The van der Waals surface area contributed by atoms with Crippen molar-refractivity contribution in [1.82, 2.24) is 0 Å². The maximum Gasteiger partial charge on any atom is 0.283 e. The molecular weight excluding hydrogens is 318 g/mol. The summed E-state index contributed by atoms with van der Waals surface area (Å²) in [7, 11) is 0. The summed E-state index contributed by atoms with van der Waals surface area (Å²) in [5.74, 6) is -0.580. The number of nitro groups is 1. The molecule has 0 aliphatic carbocycles. The number of nitrogens with zero attached hydrogens (tertiary/aromatic N) is 1. The lowest BCUT2D eigenvalue weighted by atomic mass is 10.1. The average molecular weight is 333 g/mol. The normalized spacial score (nSPS) is 10.2. The van der Waals surface area contributed by atoms with Crippen molar-refractivity contribution < 1.29 is 14.5 Å². The van der Waals surface area contributed by atoms with Gasteiger partial charge in [0.2, 0.25) is 5.91 Å². The van der Waals surface area contributed by atoms with Crippen LogP contribution in [0.5, 0.6) is 0 Å². The van der Waals surface area contributed by atoms with Gasteiger partial charge in [-0.15, -0.1) is 11.3 Å². The molecule has 0 fully saturated rings. The first kappa shape index (κ1) is 16.6. The number of carbonyl (C=O) groups excluding carboxylic acids is 2. The van der Waals surface area contributed by atoms with E-state index in [-0.39, 0.29) is 16.5 Å².